The van der Waals surface area contributed by atoms with Gasteiger partial charge in [0.25, 0.3) is 0 Å². The third-order valence-electron chi connectivity index (χ3n) is 2.06. The van der Waals surface area contributed by atoms with Crippen LogP contribution in [0.1, 0.15) is 17.5 Å². The van der Waals surface area contributed by atoms with Crippen molar-refractivity contribution in [3.63, 3.8) is 0 Å². The maximum atomic E-state index is 13.2. The van der Waals surface area contributed by atoms with Crippen molar-refractivity contribution in [2.75, 3.05) is 0 Å². The summed E-state index contributed by atoms with van der Waals surface area (Å²) >= 11 is 0. The second kappa shape index (κ2) is 3.69. The zero-order valence-electron chi connectivity index (χ0n) is 8.16. The molecule has 0 saturated heterocycles. The molecule has 2 nitrogen and oxygen atoms in total. The fourth-order valence-electron chi connectivity index (χ4n) is 1.38. The van der Waals surface area contributed by atoms with Crippen LogP contribution in [0.25, 0.3) is 11.0 Å². The predicted molar refractivity (Wildman–Crippen MR) is 55.3 cm³/mol. The largest absolute Gasteiger partial charge is 0.450 e. The van der Waals surface area contributed by atoms with Gasteiger partial charge in [-0.05, 0) is 25.1 Å². The van der Waals surface area contributed by atoms with Crippen LogP contribution in [0, 0.1) is 5.82 Å². The van der Waals surface area contributed by atoms with Gasteiger partial charge in [-0.15, -0.1) is 0 Å². The molecule has 0 amide bonds. The van der Waals surface area contributed by atoms with Gasteiger partial charge in [-0.1, -0.05) is 18.2 Å². The quantitative estimate of drug-likeness (QED) is 0.554. The second-order valence-electron chi connectivity index (χ2n) is 3.13. The molecule has 3 heteroatoms. The van der Waals surface area contributed by atoms with Crippen molar-refractivity contribution in [2.24, 2.45) is 0 Å². The van der Waals surface area contributed by atoms with Crippen LogP contribution >= 0.6 is 0 Å². The summed E-state index contributed by atoms with van der Waals surface area (Å²) in [6, 6.07) is 6.13. The summed E-state index contributed by atoms with van der Waals surface area (Å²) in [5.74, 6) is -0.548. The molecule has 0 radical (unpaired) electrons. The Hall–Kier alpha value is -1.90. The summed E-state index contributed by atoms with van der Waals surface area (Å²) in [6.07, 6.45) is 3.00. The van der Waals surface area contributed by atoms with Crippen molar-refractivity contribution in [3.05, 3.63) is 48.0 Å². The Bertz CT molecular complexity index is 538. The predicted octanol–water partition coefficient (Wildman–Crippen LogP) is 3.33. The van der Waals surface area contributed by atoms with Crippen molar-refractivity contribution in [1.29, 1.82) is 0 Å². The third kappa shape index (κ3) is 1.68. The van der Waals surface area contributed by atoms with Crippen LogP contribution in [0.4, 0.5) is 4.39 Å². The Morgan fingerprint density at radius 2 is 2.27 bits per heavy atom. The molecule has 1 aromatic carbocycles. The van der Waals surface area contributed by atoms with E-state index < -0.39 is 5.82 Å². The van der Waals surface area contributed by atoms with Gasteiger partial charge in [0.1, 0.15) is 0 Å². The van der Waals surface area contributed by atoms with Gasteiger partial charge in [0, 0.05) is 5.39 Å². The maximum absolute atomic E-state index is 13.2. The molecule has 0 aliphatic carbocycles. The molecule has 0 bridgehead atoms. The SMILES string of the molecule is C/C=C/C(=O)c1cc2cccc(F)c2o1. The molecular weight excluding hydrogens is 195 g/mol. The number of halogens is 1. The van der Waals surface area contributed by atoms with Crippen LogP contribution in [0.2, 0.25) is 0 Å². The minimum absolute atomic E-state index is 0.130. The Morgan fingerprint density at radius 1 is 1.47 bits per heavy atom. The van der Waals surface area contributed by atoms with E-state index in [9.17, 15) is 9.18 Å². The first-order valence-electron chi connectivity index (χ1n) is 4.57. The summed E-state index contributed by atoms with van der Waals surface area (Å²) in [4.78, 5) is 11.4. The van der Waals surface area contributed by atoms with E-state index in [2.05, 4.69) is 0 Å². The molecule has 0 aliphatic rings. The zero-order chi connectivity index (χ0) is 10.8. The minimum Gasteiger partial charge on any atom is -0.450 e. The van der Waals surface area contributed by atoms with Gasteiger partial charge < -0.3 is 4.42 Å². The Morgan fingerprint density at radius 3 is 2.93 bits per heavy atom. The molecule has 0 unspecified atom stereocenters. The van der Waals surface area contributed by atoms with E-state index in [1.165, 1.54) is 12.1 Å². The average molecular weight is 204 g/mol. The highest BCUT2D eigenvalue weighted by Crippen LogP contribution is 2.22. The van der Waals surface area contributed by atoms with E-state index in [1.807, 2.05) is 0 Å². The number of carbonyl (C=O) groups excluding carboxylic acids is 1. The Kier molecular flexibility index (Phi) is 2.37. The van der Waals surface area contributed by atoms with Crippen LogP contribution < -0.4 is 0 Å². The lowest BCUT2D eigenvalue weighted by molar-refractivity contribution is 0.102. The first-order chi connectivity index (χ1) is 7.22. The number of furan rings is 1. The maximum Gasteiger partial charge on any atom is 0.220 e. The second-order valence-corrected chi connectivity index (χ2v) is 3.13. The molecular formula is C12H9FO2. The zero-order valence-corrected chi connectivity index (χ0v) is 8.16. The van der Waals surface area contributed by atoms with Gasteiger partial charge >= 0.3 is 0 Å². The number of hydrogen-bond donors (Lipinski definition) is 0. The van der Waals surface area contributed by atoms with Crippen molar-refractivity contribution in [1.82, 2.24) is 0 Å². The van der Waals surface area contributed by atoms with Gasteiger partial charge in [-0.25, -0.2) is 4.39 Å². The highest BCUT2D eigenvalue weighted by atomic mass is 19.1. The molecule has 76 valence electrons. The summed E-state index contributed by atoms with van der Waals surface area (Å²) < 4.78 is 18.4. The lowest BCUT2D eigenvalue weighted by Gasteiger charge is -1.88. The van der Waals surface area contributed by atoms with Crippen LogP contribution in [-0.2, 0) is 0 Å². The third-order valence-corrected chi connectivity index (χ3v) is 2.06. The minimum atomic E-state index is -0.452. The molecule has 1 aromatic heterocycles. The molecule has 0 fully saturated rings. The number of ketones is 1. The number of allylic oxidation sites excluding steroid dienone is 2. The van der Waals surface area contributed by atoms with E-state index in [0.29, 0.717) is 5.39 Å². The van der Waals surface area contributed by atoms with E-state index in [-0.39, 0.29) is 17.1 Å². The fraction of sp³-hybridized carbons (Fsp3) is 0.0833. The summed E-state index contributed by atoms with van der Waals surface area (Å²) in [5, 5.41) is 0.600. The first kappa shape index (κ1) is 9.65. The number of fused-ring (bicyclic) bond motifs is 1. The lowest BCUT2D eigenvalue weighted by atomic mass is 10.2. The number of rotatable bonds is 2. The van der Waals surface area contributed by atoms with E-state index >= 15 is 0 Å². The number of hydrogen-bond acceptors (Lipinski definition) is 2. The normalized spacial score (nSPS) is 11.3. The molecule has 0 aliphatic heterocycles. The summed E-state index contributed by atoms with van der Waals surface area (Å²) in [5.41, 5.74) is 0.130. The van der Waals surface area contributed by atoms with Crippen molar-refractivity contribution < 1.29 is 13.6 Å². The van der Waals surface area contributed by atoms with Crippen molar-refractivity contribution in [3.8, 4) is 0 Å². The van der Waals surface area contributed by atoms with Crippen LogP contribution in [-0.4, -0.2) is 5.78 Å². The van der Waals surface area contributed by atoms with Gasteiger partial charge in [0.2, 0.25) is 5.78 Å². The molecule has 1 heterocycles. The van der Waals surface area contributed by atoms with E-state index in [4.69, 9.17) is 4.42 Å². The van der Waals surface area contributed by atoms with Crippen LogP contribution in [0.5, 0.6) is 0 Å². The van der Waals surface area contributed by atoms with Crippen molar-refractivity contribution in [2.45, 2.75) is 6.92 Å². The number of benzene rings is 1. The molecule has 0 spiro atoms. The highest BCUT2D eigenvalue weighted by Gasteiger charge is 2.11. The fourth-order valence-corrected chi connectivity index (χ4v) is 1.38. The Labute approximate surface area is 86.0 Å². The Balaban J connectivity index is 2.57. The summed E-state index contributed by atoms with van der Waals surface area (Å²) in [7, 11) is 0. The van der Waals surface area contributed by atoms with Gasteiger partial charge in [-0.2, -0.15) is 0 Å². The van der Waals surface area contributed by atoms with Gasteiger partial charge in [0.05, 0.1) is 0 Å². The van der Waals surface area contributed by atoms with Crippen molar-refractivity contribution >= 4 is 16.8 Å². The van der Waals surface area contributed by atoms with Gasteiger partial charge in [0.15, 0.2) is 17.2 Å². The lowest BCUT2D eigenvalue weighted by Crippen LogP contribution is -1.89. The smallest absolute Gasteiger partial charge is 0.220 e. The van der Waals surface area contributed by atoms with Crippen LogP contribution in [0.15, 0.2) is 40.8 Å². The summed E-state index contributed by atoms with van der Waals surface area (Å²) in [6.45, 7) is 1.74. The molecule has 0 N–H and O–H groups in total. The standard InChI is InChI=1S/C12H9FO2/c1-2-4-10(14)11-7-8-5-3-6-9(13)12(8)15-11/h2-7H,1H3/b4-2+. The van der Waals surface area contributed by atoms with Gasteiger partial charge in [-0.3, -0.25) is 4.79 Å². The average Bonchev–Trinajstić information content (AvgIpc) is 2.63. The van der Waals surface area contributed by atoms with Crippen LogP contribution in [0.3, 0.4) is 0 Å². The molecule has 2 aromatic rings. The molecule has 2 rings (SSSR count). The molecule has 15 heavy (non-hydrogen) atoms. The molecule has 0 saturated carbocycles. The molecule has 0 atom stereocenters. The highest BCUT2D eigenvalue weighted by molar-refractivity contribution is 6.04. The number of para-hydroxylation sites is 1. The van der Waals surface area contributed by atoms with E-state index in [1.54, 1.807) is 31.2 Å². The number of carbonyl (C=O) groups is 1. The first-order valence-corrected chi connectivity index (χ1v) is 4.57. The topological polar surface area (TPSA) is 30.2 Å². The monoisotopic (exact) mass is 204 g/mol. The van der Waals surface area contributed by atoms with E-state index in [0.717, 1.165) is 0 Å².